The molecule has 15 heavy (non-hydrogen) atoms. The maximum Gasteiger partial charge on any atom is 0.396 e. The lowest BCUT2D eigenvalue weighted by Gasteiger charge is -1.98. The molecule has 1 heterocycles. The molecule has 0 aliphatic rings. The highest BCUT2D eigenvalue weighted by Gasteiger charge is 2.08. The summed E-state index contributed by atoms with van der Waals surface area (Å²) in [5, 5.41) is 2.79. The van der Waals surface area contributed by atoms with Crippen LogP contribution < -0.4 is 10.3 Å². The molecule has 2 aromatic rings. The van der Waals surface area contributed by atoms with Crippen molar-refractivity contribution in [3.63, 3.8) is 0 Å². The predicted octanol–water partition coefficient (Wildman–Crippen LogP) is 1.26. The van der Waals surface area contributed by atoms with E-state index >= 15 is 0 Å². The summed E-state index contributed by atoms with van der Waals surface area (Å²) in [5.74, 6) is 0.000231. The summed E-state index contributed by atoms with van der Waals surface area (Å²) >= 11 is 1.01. The lowest BCUT2D eigenvalue weighted by Crippen LogP contribution is -2.18. The van der Waals surface area contributed by atoms with Crippen LogP contribution in [0.15, 0.2) is 27.4 Å². The first-order valence-corrected chi connectivity index (χ1v) is 5.24. The Morgan fingerprint density at radius 3 is 3.07 bits per heavy atom. The van der Waals surface area contributed by atoms with E-state index in [1.54, 1.807) is 25.2 Å². The normalized spacial score (nSPS) is 10.7. The number of carbonyl (C=O) groups excluding carboxylic acids is 1. The number of nitrogens with one attached hydrogen (secondary N) is 1. The fourth-order valence-corrected chi connectivity index (χ4v) is 2.02. The Kier molecular flexibility index (Phi) is 2.66. The molecule has 0 aliphatic heterocycles. The van der Waals surface area contributed by atoms with Crippen LogP contribution in [0.1, 0.15) is 10.4 Å². The number of hydrogen-bond acceptors (Lipinski definition) is 5. The van der Waals surface area contributed by atoms with Crippen LogP contribution in [0.25, 0.3) is 10.3 Å². The largest absolute Gasteiger partial charge is 0.414 e. The van der Waals surface area contributed by atoms with Gasteiger partial charge in [0.1, 0.15) is 5.58 Å². The Balaban J connectivity index is 2.46. The summed E-state index contributed by atoms with van der Waals surface area (Å²) in [6.45, 7) is 0.290. The van der Waals surface area contributed by atoms with Gasteiger partial charge in [0.15, 0.2) is 5.78 Å². The van der Waals surface area contributed by atoms with E-state index in [0.29, 0.717) is 15.8 Å². The van der Waals surface area contributed by atoms with Gasteiger partial charge in [-0.25, -0.2) is 4.79 Å². The molecule has 0 aliphatic carbocycles. The number of likely N-dealkylation sites (N-methyl/N-ethyl adjacent to an activating group) is 1. The monoisotopic (exact) mass is 223 g/mol. The summed E-state index contributed by atoms with van der Waals surface area (Å²) in [6, 6.07) is 5.00. The smallest absolute Gasteiger partial charge is 0.396 e. The van der Waals surface area contributed by atoms with Gasteiger partial charge in [0.2, 0.25) is 0 Å². The van der Waals surface area contributed by atoms with Crippen molar-refractivity contribution >= 4 is 27.4 Å². The lowest BCUT2D eigenvalue weighted by atomic mass is 10.1. The van der Waals surface area contributed by atoms with Gasteiger partial charge in [-0.05, 0) is 25.2 Å². The second kappa shape index (κ2) is 3.96. The van der Waals surface area contributed by atoms with Gasteiger partial charge in [0, 0.05) is 5.56 Å². The van der Waals surface area contributed by atoms with E-state index in [1.165, 1.54) is 0 Å². The van der Waals surface area contributed by atoms with Gasteiger partial charge in [0.25, 0.3) is 0 Å². The van der Waals surface area contributed by atoms with Crippen LogP contribution in [-0.2, 0) is 0 Å². The van der Waals surface area contributed by atoms with Gasteiger partial charge in [-0.2, -0.15) is 0 Å². The van der Waals surface area contributed by atoms with Crippen LogP contribution in [0, 0.1) is 0 Å². The molecule has 0 saturated carbocycles. The summed E-state index contributed by atoms with van der Waals surface area (Å²) in [6.07, 6.45) is 0. The molecule has 2 rings (SSSR count). The van der Waals surface area contributed by atoms with Crippen molar-refractivity contribution < 1.29 is 9.21 Å². The third-order valence-corrected chi connectivity index (χ3v) is 2.78. The number of benzene rings is 1. The van der Waals surface area contributed by atoms with Gasteiger partial charge < -0.3 is 9.73 Å². The first-order valence-electron chi connectivity index (χ1n) is 4.42. The lowest BCUT2D eigenvalue weighted by molar-refractivity contribution is 0.0994. The van der Waals surface area contributed by atoms with Crippen LogP contribution in [0.5, 0.6) is 0 Å². The van der Waals surface area contributed by atoms with Gasteiger partial charge >= 0.3 is 4.94 Å². The van der Waals surface area contributed by atoms with Crippen LogP contribution in [0.4, 0.5) is 0 Å². The minimum absolute atomic E-state index is 0.000231. The quantitative estimate of drug-likeness (QED) is 0.796. The van der Waals surface area contributed by atoms with E-state index in [2.05, 4.69) is 5.32 Å². The molecular formula is C10H9NO3S. The number of carbonyl (C=O) groups is 1. The second-order valence-corrected chi connectivity index (χ2v) is 4.05. The van der Waals surface area contributed by atoms with Gasteiger partial charge in [-0.1, -0.05) is 11.3 Å². The molecule has 4 nitrogen and oxygen atoms in total. The summed E-state index contributed by atoms with van der Waals surface area (Å²) in [4.78, 5) is 22.1. The van der Waals surface area contributed by atoms with Crippen LogP contribution in [-0.4, -0.2) is 19.4 Å². The van der Waals surface area contributed by atoms with Crippen molar-refractivity contribution in [3.8, 4) is 0 Å². The fraction of sp³-hybridized carbons (Fsp3) is 0.200. The zero-order valence-corrected chi connectivity index (χ0v) is 8.89. The van der Waals surface area contributed by atoms with E-state index in [4.69, 9.17) is 4.42 Å². The zero-order chi connectivity index (χ0) is 10.8. The predicted molar refractivity (Wildman–Crippen MR) is 58.6 cm³/mol. The molecule has 0 spiro atoms. The molecular weight excluding hydrogens is 214 g/mol. The number of hydrogen-bond donors (Lipinski definition) is 1. The molecule has 1 N–H and O–H groups in total. The molecule has 1 aromatic carbocycles. The average Bonchev–Trinajstić information content (AvgIpc) is 2.57. The SMILES string of the molecule is CNCC(=O)c1ccc2oc(=O)sc2c1. The number of fused-ring (bicyclic) bond motifs is 1. The zero-order valence-electron chi connectivity index (χ0n) is 8.07. The van der Waals surface area contributed by atoms with Crippen LogP contribution in [0.2, 0.25) is 0 Å². The van der Waals surface area contributed by atoms with Gasteiger partial charge in [-0.15, -0.1) is 0 Å². The standard InChI is InChI=1S/C10H9NO3S/c1-11-5-7(12)6-2-3-8-9(4-6)15-10(13)14-8/h2-4,11H,5H2,1H3. The minimum Gasteiger partial charge on any atom is -0.414 e. The molecule has 0 saturated heterocycles. The molecule has 5 heteroatoms. The third-order valence-electron chi connectivity index (χ3n) is 1.99. The molecule has 0 unspecified atom stereocenters. The Labute approximate surface area is 89.5 Å². The van der Waals surface area contributed by atoms with E-state index in [0.717, 1.165) is 11.3 Å². The summed E-state index contributed by atoms with van der Waals surface area (Å²) in [7, 11) is 1.71. The summed E-state index contributed by atoms with van der Waals surface area (Å²) < 4.78 is 5.61. The molecule has 78 valence electrons. The van der Waals surface area contributed by atoms with E-state index in [9.17, 15) is 9.59 Å². The minimum atomic E-state index is -0.344. The molecule has 0 bridgehead atoms. The van der Waals surface area contributed by atoms with Crippen molar-refractivity contribution in [2.45, 2.75) is 0 Å². The molecule has 0 amide bonds. The molecule has 0 atom stereocenters. The van der Waals surface area contributed by atoms with E-state index < -0.39 is 0 Å². The second-order valence-electron chi connectivity index (χ2n) is 3.07. The van der Waals surface area contributed by atoms with Gasteiger partial charge in [-0.3, -0.25) is 4.79 Å². The van der Waals surface area contributed by atoms with Crippen molar-refractivity contribution in [2.75, 3.05) is 13.6 Å². The highest BCUT2D eigenvalue weighted by molar-refractivity contribution is 7.16. The third kappa shape index (κ3) is 1.98. The Morgan fingerprint density at radius 1 is 1.53 bits per heavy atom. The number of ketones is 1. The number of Topliss-reactive ketones (excluding diaryl/α,β-unsaturated/α-hetero) is 1. The Morgan fingerprint density at radius 2 is 2.33 bits per heavy atom. The summed E-state index contributed by atoms with van der Waals surface area (Å²) in [5.41, 5.74) is 1.12. The molecule has 0 radical (unpaired) electrons. The molecule has 0 fully saturated rings. The van der Waals surface area contributed by atoms with Crippen molar-refractivity contribution in [1.29, 1.82) is 0 Å². The first-order chi connectivity index (χ1) is 7.20. The Bertz CT molecular complexity index is 555. The Hall–Kier alpha value is -1.46. The maximum atomic E-state index is 11.5. The van der Waals surface area contributed by atoms with Crippen LogP contribution in [0.3, 0.4) is 0 Å². The highest BCUT2D eigenvalue weighted by atomic mass is 32.1. The highest BCUT2D eigenvalue weighted by Crippen LogP contribution is 2.18. The number of rotatable bonds is 3. The topological polar surface area (TPSA) is 59.3 Å². The van der Waals surface area contributed by atoms with Crippen molar-refractivity contribution in [2.24, 2.45) is 0 Å². The maximum absolute atomic E-state index is 11.5. The first kappa shape index (κ1) is 10.1. The molecule has 1 aromatic heterocycles. The van der Waals surface area contributed by atoms with Crippen molar-refractivity contribution in [1.82, 2.24) is 5.32 Å². The van der Waals surface area contributed by atoms with Crippen molar-refractivity contribution in [3.05, 3.63) is 33.5 Å². The van der Waals surface area contributed by atoms with Crippen LogP contribution >= 0.6 is 11.3 Å². The van der Waals surface area contributed by atoms with E-state index in [1.807, 2.05) is 0 Å². The van der Waals surface area contributed by atoms with E-state index in [-0.39, 0.29) is 17.3 Å². The fourth-order valence-electron chi connectivity index (χ4n) is 1.31. The average molecular weight is 223 g/mol. The van der Waals surface area contributed by atoms with Gasteiger partial charge in [0.05, 0.1) is 11.2 Å².